The zero-order valence-corrected chi connectivity index (χ0v) is 9.70. The fourth-order valence-electron chi connectivity index (χ4n) is 1.87. The molecular weight excluding hydrogens is 237 g/mol. The summed E-state index contributed by atoms with van der Waals surface area (Å²) in [7, 11) is 0. The lowest BCUT2D eigenvalue weighted by Crippen LogP contribution is -2.47. The number of halogens is 1. The van der Waals surface area contributed by atoms with Gasteiger partial charge in [0, 0.05) is 30.3 Å². The molecule has 1 aliphatic rings. The summed E-state index contributed by atoms with van der Waals surface area (Å²) in [6, 6.07) is 3.57. The molecule has 0 aromatic heterocycles. The topological polar surface area (TPSA) is 84.2 Å². The van der Waals surface area contributed by atoms with E-state index in [4.69, 9.17) is 5.73 Å². The summed E-state index contributed by atoms with van der Waals surface area (Å²) in [5.41, 5.74) is 5.86. The van der Waals surface area contributed by atoms with Gasteiger partial charge in [-0.25, -0.2) is 4.39 Å². The lowest BCUT2D eigenvalue weighted by atomic mass is 10.1. The number of rotatable bonds is 2. The van der Waals surface area contributed by atoms with Gasteiger partial charge in [0.05, 0.1) is 0 Å². The lowest BCUT2D eigenvalue weighted by Gasteiger charge is -2.23. The Kier molecular flexibility index (Phi) is 3.45. The van der Waals surface area contributed by atoms with Crippen LogP contribution in [0.15, 0.2) is 18.2 Å². The van der Waals surface area contributed by atoms with E-state index in [1.807, 2.05) is 0 Å². The van der Waals surface area contributed by atoms with E-state index in [1.165, 1.54) is 6.07 Å². The van der Waals surface area contributed by atoms with Gasteiger partial charge in [-0.2, -0.15) is 0 Å². The molecule has 0 spiro atoms. The second-order valence-electron chi connectivity index (χ2n) is 4.29. The number of nitrogen functional groups attached to an aromatic ring is 1. The molecule has 18 heavy (non-hydrogen) atoms. The number of amides is 2. The number of hydrogen-bond acceptors (Lipinski definition) is 3. The van der Waals surface area contributed by atoms with Gasteiger partial charge in [0.2, 0.25) is 5.91 Å². The minimum Gasteiger partial charge on any atom is -0.399 e. The molecule has 96 valence electrons. The molecule has 1 atom stereocenters. The normalized spacial score (nSPS) is 19.2. The standard InChI is InChI=1S/C12H14FN3O2/c13-8-3-7(4-9(14)5-8)12(18)16-10-1-2-11(17)15-6-10/h3-5,10H,1-2,6,14H2,(H,15,17)(H,16,18). The van der Waals surface area contributed by atoms with Crippen molar-refractivity contribution in [1.82, 2.24) is 10.6 Å². The highest BCUT2D eigenvalue weighted by atomic mass is 19.1. The smallest absolute Gasteiger partial charge is 0.251 e. The molecule has 0 saturated carbocycles. The maximum atomic E-state index is 13.1. The van der Waals surface area contributed by atoms with Crippen LogP contribution in [0.3, 0.4) is 0 Å². The van der Waals surface area contributed by atoms with Crippen molar-refractivity contribution < 1.29 is 14.0 Å². The first-order valence-corrected chi connectivity index (χ1v) is 5.68. The highest BCUT2D eigenvalue weighted by Crippen LogP contribution is 2.11. The highest BCUT2D eigenvalue weighted by Gasteiger charge is 2.20. The van der Waals surface area contributed by atoms with Crippen LogP contribution in [0, 0.1) is 5.82 Å². The third-order valence-electron chi connectivity index (χ3n) is 2.78. The van der Waals surface area contributed by atoms with Crippen LogP contribution < -0.4 is 16.4 Å². The SMILES string of the molecule is Nc1cc(F)cc(C(=O)NC2CCC(=O)NC2)c1. The maximum Gasteiger partial charge on any atom is 0.251 e. The van der Waals surface area contributed by atoms with Crippen molar-refractivity contribution in [3.8, 4) is 0 Å². The molecule has 1 fully saturated rings. The molecule has 1 unspecified atom stereocenters. The average molecular weight is 251 g/mol. The van der Waals surface area contributed by atoms with Crippen molar-refractivity contribution in [1.29, 1.82) is 0 Å². The Morgan fingerprint density at radius 1 is 1.44 bits per heavy atom. The molecule has 5 nitrogen and oxygen atoms in total. The number of carbonyl (C=O) groups excluding carboxylic acids is 2. The molecule has 1 heterocycles. The second-order valence-corrected chi connectivity index (χ2v) is 4.29. The van der Waals surface area contributed by atoms with Crippen molar-refractivity contribution in [3.63, 3.8) is 0 Å². The molecule has 2 amide bonds. The number of benzene rings is 1. The third-order valence-corrected chi connectivity index (χ3v) is 2.78. The van der Waals surface area contributed by atoms with Gasteiger partial charge in [0.1, 0.15) is 5.82 Å². The Balaban J connectivity index is 2.01. The van der Waals surface area contributed by atoms with Crippen molar-refractivity contribution in [2.75, 3.05) is 12.3 Å². The molecular formula is C12H14FN3O2. The van der Waals surface area contributed by atoms with Gasteiger partial charge >= 0.3 is 0 Å². The molecule has 1 saturated heterocycles. The van der Waals surface area contributed by atoms with E-state index in [-0.39, 0.29) is 29.1 Å². The van der Waals surface area contributed by atoms with Crippen LogP contribution >= 0.6 is 0 Å². The fraction of sp³-hybridized carbons (Fsp3) is 0.333. The van der Waals surface area contributed by atoms with E-state index in [1.54, 1.807) is 0 Å². The number of carbonyl (C=O) groups is 2. The van der Waals surface area contributed by atoms with Gasteiger partial charge in [-0.1, -0.05) is 0 Å². The first-order valence-electron chi connectivity index (χ1n) is 5.68. The Morgan fingerprint density at radius 3 is 2.83 bits per heavy atom. The quantitative estimate of drug-likeness (QED) is 0.666. The van der Waals surface area contributed by atoms with E-state index >= 15 is 0 Å². The monoisotopic (exact) mass is 251 g/mol. The van der Waals surface area contributed by atoms with Crippen molar-refractivity contribution in [3.05, 3.63) is 29.6 Å². The fourth-order valence-corrected chi connectivity index (χ4v) is 1.87. The van der Waals surface area contributed by atoms with Crippen LogP contribution in [-0.2, 0) is 4.79 Å². The van der Waals surface area contributed by atoms with E-state index in [9.17, 15) is 14.0 Å². The summed E-state index contributed by atoms with van der Waals surface area (Å²) in [4.78, 5) is 22.8. The summed E-state index contributed by atoms with van der Waals surface area (Å²) in [6.45, 7) is 0.398. The average Bonchev–Trinajstić information content (AvgIpc) is 2.31. The molecule has 1 aliphatic heterocycles. The number of nitrogens with one attached hydrogen (secondary N) is 2. The maximum absolute atomic E-state index is 13.1. The first kappa shape index (κ1) is 12.3. The van der Waals surface area contributed by atoms with Crippen LogP contribution in [-0.4, -0.2) is 24.4 Å². The summed E-state index contributed by atoms with van der Waals surface area (Å²) < 4.78 is 13.1. The Hall–Kier alpha value is -2.11. The summed E-state index contributed by atoms with van der Waals surface area (Å²) >= 11 is 0. The first-order chi connectivity index (χ1) is 8.54. The highest BCUT2D eigenvalue weighted by molar-refractivity contribution is 5.95. The molecule has 2 rings (SSSR count). The minimum atomic E-state index is -0.544. The molecule has 1 aromatic rings. The van der Waals surface area contributed by atoms with E-state index in [0.29, 0.717) is 19.4 Å². The van der Waals surface area contributed by atoms with E-state index < -0.39 is 5.82 Å². The van der Waals surface area contributed by atoms with Crippen molar-refractivity contribution in [2.24, 2.45) is 0 Å². The lowest BCUT2D eigenvalue weighted by molar-refractivity contribution is -0.122. The zero-order valence-electron chi connectivity index (χ0n) is 9.70. The Bertz CT molecular complexity index is 460. The van der Waals surface area contributed by atoms with Gasteiger partial charge in [0.25, 0.3) is 5.91 Å². The van der Waals surface area contributed by atoms with E-state index in [2.05, 4.69) is 10.6 Å². The number of piperidine rings is 1. The van der Waals surface area contributed by atoms with Gasteiger partial charge in [0.15, 0.2) is 0 Å². The zero-order chi connectivity index (χ0) is 13.1. The minimum absolute atomic E-state index is 0.0181. The summed E-state index contributed by atoms with van der Waals surface area (Å²) in [5, 5.41) is 5.39. The predicted octanol–water partition coefficient (Wildman–Crippen LogP) is 0.416. The van der Waals surface area contributed by atoms with Crippen molar-refractivity contribution >= 4 is 17.5 Å². The number of anilines is 1. The summed E-state index contributed by atoms with van der Waals surface area (Å²) in [6.07, 6.45) is 0.971. The third kappa shape index (κ3) is 2.97. The Labute approximate surface area is 104 Å². The van der Waals surface area contributed by atoms with Crippen LogP contribution in [0.1, 0.15) is 23.2 Å². The molecule has 0 bridgehead atoms. The van der Waals surface area contributed by atoms with Gasteiger partial charge in [-0.3, -0.25) is 9.59 Å². The van der Waals surface area contributed by atoms with Crippen LogP contribution in [0.5, 0.6) is 0 Å². The van der Waals surface area contributed by atoms with Gasteiger partial charge in [-0.15, -0.1) is 0 Å². The van der Waals surface area contributed by atoms with Crippen LogP contribution in [0.4, 0.5) is 10.1 Å². The van der Waals surface area contributed by atoms with E-state index in [0.717, 1.165) is 12.1 Å². The number of nitrogens with two attached hydrogens (primary N) is 1. The molecule has 0 aliphatic carbocycles. The predicted molar refractivity (Wildman–Crippen MR) is 64.3 cm³/mol. The summed E-state index contributed by atoms with van der Waals surface area (Å²) in [5.74, 6) is -0.949. The molecule has 0 radical (unpaired) electrons. The van der Waals surface area contributed by atoms with Crippen LogP contribution in [0.25, 0.3) is 0 Å². The number of hydrogen-bond donors (Lipinski definition) is 3. The molecule has 6 heteroatoms. The molecule has 4 N–H and O–H groups in total. The van der Waals surface area contributed by atoms with Gasteiger partial charge in [-0.05, 0) is 24.6 Å². The molecule has 1 aromatic carbocycles. The Morgan fingerprint density at radius 2 is 2.22 bits per heavy atom. The van der Waals surface area contributed by atoms with Crippen molar-refractivity contribution in [2.45, 2.75) is 18.9 Å². The largest absolute Gasteiger partial charge is 0.399 e. The second kappa shape index (κ2) is 5.03. The van der Waals surface area contributed by atoms with Gasteiger partial charge < -0.3 is 16.4 Å². The van der Waals surface area contributed by atoms with Crippen LogP contribution in [0.2, 0.25) is 0 Å².